The second-order valence-corrected chi connectivity index (χ2v) is 3.28. The minimum absolute atomic E-state index is 0.0218. The quantitative estimate of drug-likeness (QED) is 0.710. The Bertz CT molecular complexity index is 375. The lowest BCUT2D eigenvalue weighted by Crippen LogP contribution is -2.15. The molecule has 0 fully saturated rings. The molecule has 3 N–H and O–H groups in total. The third kappa shape index (κ3) is 3.81. The van der Waals surface area contributed by atoms with E-state index in [2.05, 4.69) is 5.32 Å². The van der Waals surface area contributed by atoms with Crippen LogP contribution in [-0.2, 0) is 4.79 Å². The molecule has 1 aromatic rings. The summed E-state index contributed by atoms with van der Waals surface area (Å²) in [6, 6.07) is 7.14. The van der Waals surface area contributed by atoms with Crippen LogP contribution in [0.5, 0.6) is 0 Å². The van der Waals surface area contributed by atoms with Gasteiger partial charge in [-0.2, -0.15) is 0 Å². The Morgan fingerprint density at radius 3 is 2.73 bits per heavy atom. The van der Waals surface area contributed by atoms with Gasteiger partial charge in [-0.15, -0.1) is 0 Å². The molecule has 0 aliphatic heterocycles. The first-order valence-corrected chi connectivity index (χ1v) is 4.73. The molecule has 0 aliphatic rings. The number of nitrogens with one attached hydrogen (secondary N) is 1. The van der Waals surface area contributed by atoms with Gasteiger partial charge in [0.05, 0.1) is 0 Å². The number of anilines is 1. The van der Waals surface area contributed by atoms with Crippen molar-refractivity contribution in [1.82, 2.24) is 0 Å². The number of nitrogens with two attached hydrogens (primary N) is 1. The van der Waals surface area contributed by atoms with Crippen LogP contribution >= 0.6 is 0 Å². The second kappa shape index (κ2) is 5.14. The van der Waals surface area contributed by atoms with E-state index in [9.17, 15) is 9.59 Å². The van der Waals surface area contributed by atoms with E-state index in [0.29, 0.717) is 12.1 Å². The lowest BCUT2D eigenvalue weighted by Gasteiger charge is -2.05. The maximum absolute atomic E-state index is 11.1. The van der Waals surface area contributed by atoms with Crippen LogP contribution in [-0.4, -0.2) is 18.2 Å². The van der Waals surface area contributed by atoms with Crippen molar-refractivity contribution in [3.63, 3.8) is 0 Å². The highest BCUT2D eigenvalue weighted by Crippen LogP contribution is 2.10. The number of rotatable bonds is 5. The van der Waals surface area contributed by atoms with Gasteiger partial charge in [-0.25, -0.2) is 0 Å². The number of ketones is 1. The monoisotopic (exact) mass is 206 g/mol. The summed E-state index contributed by atoms with van der Waals surface area (Å²) < 4.78 is 0. The maximum atomic E-state index is 11.1. The van der Waals surface area contributed by atoms with Crippen LogP contribution in [0.3, 0.4) is 0 Å². The van der Waals surface area contributed by atoms with Gasteiger partial charge in [0.2, 0.25) is 5.91 Å². The zero-order valence-corrected chi connectivity index (χ0v) is 8.62. The van der Waals surface area contributed by atoms with Crippen molar-refractivity contribution in [2.45, 2.75) is 13.3 Å². The van der Waals surface area contributed by atoms with E-state index >= 15 is 0 Å². The smallest absolute Gasteiger partial charge is 0.219 e. The first kappa shape index (κ1) is 11.2. The molecular weight excluding hydrogens is 192 g/mol. The first-order valence-electron chi connectivity index (χ1n) is 4.73. The van der Waals surface area contributed by atoms with Gasteiger partial charge in [-0.05, 0) is 19.1 Å². The van der Waals surface area contributed by atoms with Crippen molar-refractivity contribution in [2.75, 3.05) is 11.9 Å². The molecule has 4 heteroatoms. The number of hydrogen-bond donors (Lipinski definition) is 2. The molecule has 1 aromatic carbocycles. The predicted molar refractivity (Wildman–Crippen MR) is 58.7 cm³/mol. The van der Waals surface area contributed by atoms with Crippen LogP contribution < -0.4 is 11.1 Å². The summed E-state index contributed by atoms with van der Waals surface area (Å²) in [5.41, 5.74) is 6.48. The van der Waals surface area contributed by atoms with E-state index in [-0.39, 0.29) is 18.1 Å². The summed E-state index contributed by atoms with van der Waals surface area (Å²) in [6.07, 6.45) is 0.282. The maximum Gasteiger partial charge on any atom is 0.219 e. The highest BCUT2D eigenvalue weighted by atomic mass is 16.1. The Kier molecular flexibility index (Phi) is 3.85. The normalized spacial score (nSPS) is 9.67. The molecule has 4 nitrogen and oxygen atoms in total. The number of hydrogen-bond acceptors (Lipinski definition) is 3. The second-order valence-electron chi connectivity index (χ2n) is 3.28. The molecule has 0 bridgehead atoms. The Balaban J connectivity index is 2.58. The van der Waals surface area contributed by atoms with Gasteiger partial charge in [0.1, 0.15) is 0 Å². The molecule has 0 unspecified atom stereocenters. The first-order chi connectivity index (χ1) is 7.09. The molecule has 0 aliphatic carbocycles. The van der Waals surface area contributed by atoms with Crippen LogP contribution in [0.25, 0.3) is 0 Å². The van der Waals surface area contributed by atoms with Crippen LogP contribution in [0.1, 0.15) is 23.7 Å². The Morgan fingerprint density at radius 2 is 2.13 bits per heavy atom. The van der Waals surface area contributed by atoms with Crippen molar-refractivity contribution < 1.29 is 9.59 Å². The zero-order valence-electron chi connectivity index (χ0n) is 8.62. The van der Waals surface area contributed by atoms with Gasteiger partial charge in [-0.1, -0.05) is 12.1 Å². The molecule has 0 aromatic heterocycles. The van der Waals surface area contributed by atoms with Gasteiger partial charge in [0.15, 0.2) is 5.78 Å². The van der Waals surface area contributed by atoms with Crippen LogP contribution in [0, 0.1) is 0 Å². The molecule has 0 spiro atoms. The average Bonchev–Trinajstić information content (AvgIpc) is 2.17. The van der Waals surface area contributed by atoms with Gasteiger partial charge in [0.25, 0.3) is 0 Å². The van der Waals surface area contributed by atoms with Crippen LogP contribution in [0.15, 0.2) is 24.3 Å². The Hall–Kier alpha value is -1.84. The molecular formula is C11H14N2O2. The van der Waals surface area contributed by atoms with E-state index < -0.39 is 0 Å². The van der Waals surface area contributed by atoms with Crippen molar-refractivity contribution in [3.05, 3.63) is 29.8 Å². The molecule has 0 atom stereocenters. The number of amides is 1. The topological polar surface area (TPSA) is 72.2 Å². The summed E-state index contributed by atoms with van der Waals surface area (Å²) in [7, 11) is 0. The number of primary amides is 1. The fraction of sp³-hybridized carbons (Fsp3) is 0.273. The third-order valence-corrected chi connectivity index (χ3v) is 1.97. The van der Waals surface area contributed by atoms with E-state index in [1.165, 1.54) is 6.92 Å². The van der Waals surface area contributed by atoms with E-state index in [0.717, 1.165) is 5.69 Å². The van der Waals surface area contributed by atoms with Crippen LogP contribution in [0.2, 0.25) is 0 Å². The highest BCUT2D eigenvalue weighted by Gasteiger charge is 2.00. The largest absolute Gasteiger partial charge is 0.385 e. The Morgan fingerprint density at radius 1 is 1.40 bits per heavy atom. The summed E-state index contributed by atoms with van der Waals surface area (Å²) in [5.74, 6) is -0.321. The molecule has 0 heterocycles. The number of carbonyl (C=O) groups is 2. The lowest BCUT2D eigenvalue weighted by molar-refractivity contribution is -0.117. The number of carbonyl (C=O) groups excluding carboxylic acids is 2. The summed E-state index contributed by atoms with van der Waals surface area (Å²) in [4.78, 5) is 21.6. The molecule has 15 heavy (non-hydrogen) atoms. The van der Waals surface area contributed by atoms with E-state index in [1.54, 1.807) is 18.2 Å². The molecule has 1 amide bonds. The standard InChI is InChI=1S/C11H14N2O2/c1-8(14)9-3-2-4-10(7-9)13-6-5-11(12)15/h2-4,7,13H,5-6H2,1H3,(H2,12,15). The van der Waals surface area contributed by atoms with Gasteiger partial charge < -0.3 is 11.1 Å². The molecule has 0 saturated heterocycles. The van der Waals surface area contributed by atoms with Crippen molar-refractivity contribution in [3.8, 4) is 0 Å². The van der Waals surface area contributed by atoms with Crippen molar-refractivity contribution in [1.29, 1.82) is 0 Å². The fourth-order valence-corrected chi connectivity index (χ4v) is 1.18. The summed E-state index contributed by atoms with van der Waals surface area (Å²) >= 11 is 0. The van der Waals surface area contributed by atoms with Crippen LogP contribution in [0.4, 0.5) is 5.69 Å². The predicted octanol–water partition coefficient (Wildman–Crippen LogP) is 1.18. The van der Waals surface area contributed by atoms with Crippen molar-refractivity contribution in [2.24, 2.45) is 5.73 Å². The Labute approximate surface area is 88.5 Å². The zero-order chi connectivity index (χ0) is 11.3. The SMILES string of the molecule is CC(=O)c1cccc(NCCC(N)=O)c1. The lowest BCUT2D eigenvalue weighted by atomic mass is 10.1. The molecule has 0 saturated carbocycles. The summed E-state index contributed by atoms with van der Waals surface area (Å²) in [5, 5.41) is 3.02. The van der Waals surface area contributed by atoms with E-state index in [4.69, 9.17) is 5.73 Å². The fourth-order valence-electron chi connectivity index (χ4n) is 1.18. The van der Waals surface area contributed by atoms with Gasteiger partial charge in [-0.3, -0.25) is 9.59 Å². The molecule has 80 valence electrons. The minimum Gasteiger partial charge on any atom is -0.385 e. The number of benzene rings is 1. The summed E-state index contributed by atoms with van der Waals surface area (Å²) in [6.45, 7) is 2.00. The molecule has 0 radical (unpaired) electrons. The minimum atomic E-state index is -0.342. The highest BCUT2D eigenvalue weighted by molar-refractivity contribution is 5.94. The average molecular weight is 206 g/mol. The van der Waals surface area contributed by atoms with E-state index in [1.807, 2.05) is 6.07 Å². The third-order valence-electron chi connectivity index (χ3n) is 1.97. The number of Topliss-reactive ketones (excluding diaryl/α,β-unsaturated/α-hetero) is 1. The van der Waals surface area contributed by atoms with Crippen molar-refractivity contribution >= 4 is 17.4 Å². The molecule has 1 rings (SSSR count). The van der Waals surface area contributed by atoms with Gasteiger partial charge in [0, 0.05) is 24.2 Å². The van der Waals surface area contributed by atoms with Gasteiger partial charge >= 0.3 is 0 Å².